The van der Waals surface area contributed by atoms with Crippen LogP contribution in [0.2, 0.25) is 4.34 Å². The summed E-state index contributed by atoms with van der Waals surface area (Å²) in [6.45, 7) is 4.46. The highest BCUT2D eigenvalue weighted by atomic mass is 35.5. The Morgan fingerprint density at radius 1 is 1.05 bits per heavy atom. The van der Waals surface area contributed by atoms with Crippen LogP contribution in [0, 0.1) is 5.82 Å². The van der Waals surface area contributed by atoms with Crippen LogP contribution in [0.1, 0.15) is 31.7 Å². The van der Waals surface area contributed by atoms with Crippen molar-refractivity contribution in [1.29, 1.82) is 0 Å². The zero-order valence-electron chi connectivity index (χ0n) is 22.1. The molecule has 0 spiro atoms. The molecule has 0 unspecified atom stereocenters. The molecule has 2 aliphatic rings. The smallest absolute Gasteiger partial charge is 0.271 e. The molecule has 1 saturated carbocycles. The largest absolute Gasteiger partial charge is 0.383 e. The molecule has 40 heavy (non-hydrogen) atoms. The van der Waals surface area contributed by atoms with Crippen molar-refractivity contribution in [1.82, 2.24) is 24.3 Å². The second-order valence-electron chi connectivity index (χ2n) is 10.6. The number of hydrogen-bond donors (Lipinski definition) is 2. The molecule has 1 aliphatic carbocycles. The second-order valence-corrected chi connectivity index (χ2v) is 14.2. The summed E-state index contributed by atoms with van der Waals surface area (Å²) < 4.78 is 45.5. The molecule has 1 aliphatic heterocycles. The van der Waals surface area contributed by atoms with Gasteiger partial charge in [-0.2, -0.15) is 0 Å². The normalized spacial score (nSPS) is 21.2. The molecule has 3 N–H and O–H groups in total. The Balaban J connectivity index is 1.26. The zero-order valence-corrected chi connectivity index (χ0v) is 24.4. The number of hydrogen-bond acceptors (Lipinski definition) is 8. The van der Waals surface area contributed by atoms with E-state index in [0.29, 0.717) is 32.7 Å². The summed E-state index contributed by atoms with van der Waals surface area (Å²) in [4.78, 5) is 13.8. The Kier molecular flexibility index (Phi) is 7.47. The van der Waals surface area contributed by atoms with Crippen LogP contribution < -0.4 is 10.5 Å². The minimum Gasteiger partial charge on any atom is -0.383 e. The first kappa shape index (κ1) is 27.4. The number of benzene rings is 1. The molecule has 212 valence electrons. The third-order valence-corrected chi connectivity index (χ3v) is 11.2. The first-order chi connectivity index (χ1) is 19.2. The van der Waals surface area contributed by atoms with E-state index in [-0.39, 0.29) is 15.9 Å². The minimum atomic E-state index is -3.97. The topological polar surface area (TPSA) is 109 Å². The maximum atomic E-state index is 15.3. The monoisotopic (exact) mass is 603 g/mol. The van der Waals surface area contributed by atoms with Crippen molar-refractivity contribution >= 4 is 55.5 Å². The fourth-order valence-corrected chi connectivity index (χ4v) is 8.45. The molecule has 4 heterocycles. The van der Waals surface area contributed by atoms with E-state index in [9.17, 15) is 8.42 Å². The van der Waals surface area contributed by atoms with Gasteiger partial charge in [-0.15, -0.1) is 11.3 Å². The predicted molar refractivity (Wildman–Crippen MR) is 158 cm³/mol. The zero-order chi connectivity index (χ0) is 28.0. The first-order valence-electron chi connectivity index (χ1n) is 13.3. The van der Waals surface area contributed by atoms with E-state index in [1.807, 2.05) is 6.20 Å². The Morgan fingerprint density at radius 3 is 2.45 bits per heavy atom. The Morgan fingerprint density at radius 2 is 1.77 bits per heavy atom. The van der Waals surface area contributed by atoms with Gasteiger partial charge < -0.3 is 15.2 Å². The molecule has 1 saturated heterocycles. The fraction of sp³-hybridized carbons (Fsp3) is 0.407. The molecule has 1 aromatic carbocycles. The Hall–Kier alpha value is -2.77. The van der Waals surface area contributed by atoms with E-state index in [1.54, 1.807) is 6.07 Å². The number of anilines is 2. The third-order valence-electron chi connectivity index (χ3n) is 8.09. The molecule has 3 aromatic heterocycles. The van der Waals surface area contributed by atoms with Crippen LogP contribution >= 0.6 is 22.9 Å². The Bertz CT molecular complexity index is 1640. The number of nitrogen functional groups attached to an aromatic ring is 1. The summed E-state index contributed by atoms with van der Waals surface area (Å²) in [5, 5.41) is 0.671. The van der Waals surface area contributed by atoms with Gasteiger partial charge in [0.1, 0.15) is 27.8 Å². The highest BCUT2D eigenvalue weighted by Crippen LogP contribution is 2.40. The van der Waals surface area contributed by atoms with Crippen molar-refractivity contribution in [2.75, 3.05) is 43.7 Å². The summed E-state index contributed by atoms with van der Waals surface area (Å²) in [6.07, 6.45) is 7.72. The predicted octanol–water partition coefficient (Wildman–Crippen LogP) is 5.07. The highest BCUT2D eigenvalue weighted by molar-refractivity contribution is 7.94. The number of nitrogens with one attached hydrogen (secondary N) is 1. The quantitative estimate of drug-likeness (QED) is 0.317. The lowest BCUT2D eigenvalue weighted by Gasteiger charge is -2.41. The van der Waals surface area contributed by atoms with Gasteiger partial charge in [0.25, 0.3) is 10.0 Å². The number of sulfonamides is 1. The van der Waals surface area contributed by atoms with Gasteiger partial charge >= 0.3 is 0 Å². The van der Waals surface area contributed by atoms with Crippen molar-refractivity contribution in [2.45, 2.75) is 42.0 Å². The van der Waals surface area contributed by atoms with E-state index in [2.05, 4.69) is 36.1 Å². The number of nitrogens with two attached hydrogens (primary N) is 1. The average Bonchev–Trinajstić information content (AvgIpc) is 3.56. The molecule has 4 aromatic rings. The fourth-order valence-electron chi connectivity index (χ4n) is 5.90. The molecule has 0 bridgehead atoms. The van der Waals surface area contributed by atoms with Gasteiger partial charge in [0.2, 0.25) is 0 Å². The summed E-state index contributed by atoms with van der Waals surface area (Å²) in [6, 6.07) is 8.14. The molecule has 0 radical (unpaired) electrons. The minimum absolute atomic E-state index is 0.0105. The number of thiophene rings is 1. The number of halogens is 2. The Labute approximate surface area is 241 Å². The van der Waals surface area contributed by atoms with Crippen LogP contribution in [0.25, 0.3) is 22.2 Å². The van der Waals surface area contributed by atoms with Crippen molar-refractivity contribution < 1.29 is 12.8 Å². The van der Waals surface area contributed by atoms with Crippen molar-refractivity contribution in [3.63, 3.8) is 0 Å². The molecular weight excluding hydrogens is 573 g/mol. The van der Waals surface area contributed by atoms with Crippen LogP contribution in [0.15, 0.2) is 47.1 Å². The summed E-state index contributed by atoms with van der Waals surface area (Å²) in [5.74, 6) is -0.377. The molecule has 9 nitrogen and oxygen atoms in total. The lowest BCUT2D eigenvalue weighted by molar-refractivity contribution is 0.0828. The van der Waals surface area contributed by atoms with E-state index in [0.717, 1.165) is 68.8 Å². The number of rotatable bonds is 6. The number of nitrogens with zero attached hydrogens (tertiary/aromatic N) is 5. The number of fused-ring (bicyclic) bond motifs is 1. The molecule has 6 rings (SSSR count). The maximum Gasteiger partial charge on any atom is 0.271 e. The molecular formula is C27H31ClFN7O2S2. The van der Waals surface area contributed by atoms with Gasteiger partial charge in [-0.3, -0.25) is 9.62 Å². The number of aromatic nitrogens is 3. The van der Waals surface area contributed by atoms with E-state index in [1.165, 1.54) is 30.6 Å². The van der Waals surface area contributed by atoms with Crippen LogP contribution in [0.3, 0.4) is 0 Å². The summed E-state index contributed by atoms with van der Waals surface area (Å²) in [5.41, 5.74) is 8.17. The van der Waals surface area contributed by atoms with Gasteiger partial charge in [-0.25, -0.2) is 22.8 Å². The van der Waals surface area contributed by atoms with Crippen LogP contribution in [-0.4, -0.2) is 72.0 Å². The van der Waals surface area contributed by atoms with E-state index >= 15 is 4.39 Å². The highest BCUT2D eigenvalue weighted by Gasteiger charge is 2.30. The standard InChI is InChI=1S/C27H31ClFN7O2S2/c1-34-10-12-35(13-11-34)18-3-5-19(6-4-18)36-15-20(25-26(30)31-16-32-27(25)36)17-2-7-22(21(29)14-17)33-40(37,38)24-9-8-23(28)39-24/h2,7-9,14-16,18-19,33H,3-6,10-13H2,1H3,(H2,30,31,32). The molecule has 0 amide bonds. The van der Waals surface area contributed by atoms with Crippen molar-refractivity contribution in [3.05, 3.63) is 53.0 Å². The van der Waals surface area contributed by atoms with Crippen LogP contribution in [0.5, 0.6) is 0 Å². The lowest BCUT2D eigenvalue weighted by atomic mass is 9.89. The van der Waals surface area contributed by atoms with E-state index in [4.69, 9.17) is 17.3 Å². The molecule has 0 atom stereocenters. The maximum absolute atomic E-state index is 15.3. The van der Waals surface area contributed by atoms with Gasteiger partial charge in [0.15, 0.2) is 0 Å². The van der Waals surface area contributed by atoms with Crippen molar-refractivity contribution in [2.24, 2.45) is 0 Å². The first-order valence-corrected chi connectivity index (χ1v) is 16.0. The summed E-state index contributed by atoms with van der Waals surface area (Å²) >= 11 is 6.79. The SMILES string of the molecule is CN1CCN(C2CCC(n3cc(-c4ccc(NS(=O)(=O)c5ccc(Cl)s5)c(F)c4)c4c(N)ncnc43)CC2)CC1. The molecule has 13 heteroatoms. The lowest BCUT2D eigenvalue weighted by Crippen LogP contribution is -2.49. The second kappa shape index (κ2) is 10.9. The van der Waals surface area contributed by atoms with Crippen LogP contribution in [0.4, 0.5) is 15.9 Å². The molecule has 2 fully saturated rings. The van der Waals surface area contributed by atoms with Gasteiger partial charge in [0, 0.05) is 50.0 Å². The number of piperazine rings is 1. The average molecular weight is 604 g/mol. The van der Waals surface area contributed by atoms with E-state index < -0.39 is 15.8 Å². The number of likely N-dealkylation sites (N-methyl/N-ethyl adjacent to an activating group) is 1. The van der Waals surface area contributed by atoms with Gasteiger partial charge in [-0.05, 0) is 62.6 Å². The third kappa shape index (κ3) is 5.30. The van der Waals surface area contributed by atoms with Gasteiger partial charge in [0.05, 0.1) is 15.4 Å². The van der Waals surface area contributed by atoms with Crippen molar-refractivity contribution in [3.8, 4) is 11.1 Å². The van der Waals surface area contributed by atoms with Gasteiger partial charge in [-0.1, -0.05) is 17.7 Å². The summed E-state index contributed by atoms with van der Waals surface area (Å²) in [7, 11) is -1.79. The van der Waals surface area contributed by atoms with Crippen LogP contribution in [-0.2, 0) is 10.0 Å².